The summed E-state index contributed by atoms with van der Waals surface area (Å²) in [7, 11) is 1.98. The number of anilines is 1. The summed E-state index contributed by atoms with van der Waals surface area (Å²) in [6.45, 7) is 0.803. The van der Waals surface area contributed by atoms with Gasteiger partial charge in [0.15, 0.2) is 0 Å². The van der Waals surface area contributed by atoms with Gasteiger partial charge in [0.05, 0.1) is 0 Å². The van der Waals surface area contributed by atoms with Gasteiger partial charge in [-0.1, -0.05) is 30.3 Å². The molecule has 82 valence electrons. The highest BCUT2D eigenvalue weighted by Gasteiger charge is 2.04. The molecule has 2 rings (SSSR count). The van der Waals surface area contributed by atoms with Crippen molar-refractivity contribution in [2.45, 2.75) is 6.54 Å². The first-order valence-electron chi connectivity index (χ1n) is 4.99. The molecule has 3 nitrogen and oxygen atoms in total. The molecule has 16 heavy (non-hydrogen) atoms. The van der Waals surface area contributed by atoms with Gasteiger partial charge in [-0.05, 0) is 27.6 Å². The van der Waals surface area contributed by atoms with Crippen LogP contribution in [0.25, 0.3) is 0 Å². The third kappa shape index (κ3) is 2.79. The number of hydrogen-bond acceptors (Lipinski definition) is 3. The molecule has 0 spiro atoms. The van der Waals surface area contributed by atoms with Gasteiger partial charge in [-0.3, -0.25) is 0 Å². The van der Waals surface area contributed by atoms with E-state index in [9.17, 15) is 0 Å². The number of benzene rings is 1. The average Bonchev–Trinajstić information content (AvgIpc) is 2.30. The van der Waals surface area contributed by atoms with Crippen LogP contribution in [0.1, 0.15) is 5.56 Å². The largest absolute Gasteiger partial charge is 0.340 e. The van der Waals surface area contributed by atoms with E-state index >= 15 is 0 Å². The zero-order chi connectivity index (χ0) is 11.4. The zero-order valence-electron chi connectivity index (χ0n) is 8.97. The smallest absolute Gasteiger partial charge is 0.226 e. The Morgan fingerprint density at radius 1 is 1.19 bits per heavy atom. The molecule has 0 radical (unpaired) electrons. The molecule has 0 saturated carbocycles. The predicted octanol–water partition coefficient (Wildman–Crippen LogP) is 2.88. The first-order chi connectivity index (χ1) is 7.75. The van der Waals surface area contributed by atoms with Gasteiger partial charge < -0.3 is 4.90 Å². The van der Waals surface area contributed by atoms with Gasteiger partial charge in [0.1, 0.15) is 4.60 Å². The lowest BCUT2D eigenvalue weighted by Crippen LogP contribution is -2.18. The number of hydrogen-bond donors (Lipinski definition) is 0. The van der Waals surface area contributed by atoms with Crippen LogP contribution in [0.2, 0.25) is 0 Å². The van der Waals surface area contributed by atoms with E-state index in [2.05, 4.69) is 38.0 Å². The summed E-state index contributed by atoms with van der Waals surface area (Å²) in [6, 6.07) is 12.1. The maximum atomic E-state index is 4.30. The van der Waals surface area contributed by atoms with Crippen molar-refractivity contribution in [1.29, 1.82) is 0 Å². The lowest BCUT2D eigenvalue weighted by molar-refractivity contribution is 0.862. The number of halogens is 1. The second-order valence-electron chi connectivity index (χ2n) is 3.52. The van der Waals surface area contributed by atoms with Crippen molar-refractivity contribution in [2.24, 2.45) is 0 Å². The fraction of sp³-hybridized carbons (Fsp3) is 0.167. The van der Waals surface area contributed by atoms with E-state index in [1.807, 2.05) is 36.2 Å². The molecule has 1 aromatic carbocycles. The lowest BCUT2D eigenvalue weighted by Gasteiger charge is -2.16. The summed E-state index contributed by atoms with van der Waals surface area (Å²) in [5, 5.41) is 0. The van der Waals surface area contributed by atoms with E-state index in [1.165, 1.54) is 5.56 Å². The first-order valence-corrected chi connectivity index (χ1v) is 5.78. The Hall–Kier alpha value is -1.42. The van der Waals surface area contributed by atoms with Crippen LogP contribution in [-0.2, 0) is 6.54 Å². The molecule has 0 aliphatic heterocycles. The van der Waals surface area contributed by atoms with Crippen LogP contribution >= 0.6 is 15.9 Å². The van der Waals surface area contributed by atoms with Crippen LogP contribution < -0.4 is 4.90 Å². The fourth-order valence-electron chi connectivity index (χ4n) is 1.44. The minimum atomic E-state index is 0.721. The van der Waals surface area contributed by atoms with E-state index in [0.717, 1.165) is 17.1 Å². The molecule has 0 unspecified atom stereocenters. The quantitative estimate of drug-likeness (QED) is 0.808. The van der Waals surface area contributed by atoms with Gasteiger partial charge in [-0.25, -0.2) is 9.97 Å². The molecule has 1 aromatic heterocycles. The van der Waals surface area contributed by atoms with Gasteiger partial charge in [0, 0.05) is 19.8 Å². The Morgan fingerprint density at radius 3 is 2.62 bits per heavy atom. The molecule has 1 heterocycles. The second kappa shape index (κ2) is 5.07. The molecular weight excluding hydrogens is 266 g/mol. The minimum absolute atomic E-state index is 0.721. The Labute approximate surface area is 103 Å². The van der Waals surface area contributed by atoms with Gasteiger partial charge in [-0.15, -0.1) is 0 Å². The maximum Gasteiger partial charge on any atom is 0.226 e. The Morgan fingerprint density at radius 2 is 1.94 bits per heavy atom. The van der Waals surface area contributed by atoms with Gasteiger partial charge in [0.25, 0.3) is 0 Å². The topological polar surface area (TPSA) is 29.0 Å². The van der Waals surface area contributed by atoms with Crippen molar-refractivity contribution < 1.29 is 0 Å². The molecule has 2 aromatic rings. The fourth-order valence-corrected chi connectivity index (χ4v) is 1.72. The van der Waals surface area contributed by atoms with Crippen molar-refractivity contribution in [3.63, 3.8) is 0 Å². The summed E-state index contributed by atoms with van der Waals surface area (Å²) in [5.74, 6) is 0.721. The molecule has 4 heteroatoms. The third-order valence-electron chi connectivity index (χ3n) is 2.21. The van der Waals surface area contributed by atoms with Crippen molar-refractivity contribution >= 4 is 21.9 Å². The average molecular weight is 278 g/mol. The van der Waals surface area contributed by atoms with Crippen LogP contribution in [-0.4, -0.2) is 17.0 Å². The predicted molar refractivity (Wildman–Crippen MR) is 68.3 cm³/mol. The molecule has 0 N–H and O–H groups in total. The summed E-state index contributed by atoms with van der Waals surface area (Å²) < 4.78 is 0.803. The molecule has 0 bridgehead atoms. The number of rotatable bonds is 3. The van der Waals surface area contributed by atoms with Gasteiger partial charge in [-0.2, -0.15) is 0 Å². The van der Waals surface area contributed by atoms with E-state index in [4.69, 9.17) is 0 Å². The SMILES string of the molecule is CN(Cc1ccccc1)c1nccc(Br)n1. The van der Waals surface area contributed by atoms with E-state index in [-0.39, 0.29) is 0 Å². The van der Waals surface area contributed by atoms with Crippen molar-refractivity contribution in [1.82, 2.24) is 9.97 Å². The molecule has 0 saturated heterocycles. The minimum Gasteiger partial charge on any atom is -0.340 e. The van der Waals surface area contributed by atoms with Crippen LogP contribution in [0.4, 0.5) is 5.95 Å². The van der Waals surface area contributed by atoms with Crippen LogP contribution in [0.15, 0.2) is 47.2 Å². The highest BCUT2D eigenvalue weighted by atomic mass is 79.9. The summed E-state index contributed by atoms with van der Waals surface area (Å²) in [5.41, 5.74) is 1.24. The maximum absolute atomic E-state index is 4.30. The monoisotopic (exact) mass is 277 g/mol. The van der Waals surface area contributed by atoms with E-state index in [1.54, 1.807) is 6.20 Å². The lowest BCUT2D eigenvalue weighted by atomic mass is 10.2. The molecule has 0 aliphatic rings. The molecular formula is C12H12BrN3. The number of nitrogens with zero attached hydrogens (tertiary/aromatic N) is 3. The third-order valence-corrected chi connectivity index (χ3v) is 2.65. The van der Waals surface area contributed by atoms with Crippen LogP contribution in [0.3, 0.4) is 0 Å². The summed E-state index contributed by atoms with van der Waals surface area (Å²) in [6.07, 6.45) is 1.74. The zero-order valence-corrected chi connectivity index (χ0v) is 10.6. The number of aromatic nitrogens is 2. The molecule has 0 atom stereocenters. The van der Waals surface area contributed by atoms with Crippen LogP contribution in [0.5, 0.6) is 0 Å². The molecule has 0 aliphatic carbocycles. The second-order valence-corrected chi connectivity index (χ2v) is 4.33. The summed E-state index contributed by atoms with van der Waals surface area (Å²) in [4.78, 5) is 10.5. The van der Waals surface area contributed by atoms with Crippen LogP contribution in [0, 0.1) is 0 Å². The highest BCUT2D eigenvalue weighted by Crippen LogP contribution is 2.12. The Bertz CT molecular complexity index is 459. The van der Waals surface area contributed by atoms with Gasteiger partial charge >= 0.3 is 0 Å². The highest BCUT2D eigenvalue weighted by molar-refractivity contribution is 9.10. The van der Waals surface area contributed by atoms with Crippen molar-refractivity contribution in [3.8, 4) is 0 Å². The van der Waals surface area contributed by atoms with E-state index in [0.29, 0.717) is 0 Å². The molecule has 0 fully saturated rings. The van der Waals surface area contributed by atoms with E-state index < -0.39 is 0 Å². The standard InChI is InChI=1S/C12H12BrN3/c1-16(9-10-5-3-2-4-6-10)12-14-8-7-11(13)15-12/h2-8H,9H2,1H3. The van der Waals surface area contributed by atoms with Gasteiger partial charge in [0.2, 0.25) is 5.95 Å². The normalized spacial score (nSPS) is 10.1. The summed E-state index contributed by atoms with van der Waals surface area (Å²) >= 11 is 3.34. The van der Waals surface area contributed by atoms with Crippen molar-refractivity contribution in [2.75, 3.05) is 11.9 Å². The first kappa shape index (κ1) is 11.1. The Balaban J connectivity index is 2.12. The Kier molecular flexibility index (Phi) is 3.51. The van der Waals surface area contributed by atoms with Crippen molar-refractivity contribution in [3.05, 3.63) is 52.8 Å². The molecule has 0 amide bonds.